The van der Waals surface area contributed by atoms with E-state index in [1.807, 2.05) is 0 Å². The smallest absolute Gasteiger partial charge is 0.756 e. The van der Waals surface area contributed by atoms with Crippen LogP contribution >= 0.6 is 7.82 Å². The van der Waals surface area contributed by atoms with Crippen molar-refractivity contribution in [3.63, 3.8) is 0 Å². The quantitative estimate of drug-likeness (QED) is 0.0871. The van der Waals surface area contributed by atoms with Gasteiger partial charge in [-0.3, -0.25) is 4.57 Å². The monoisotopic (exact) mass is 562 g/mol. The number of aliphatic hydroxyl groups excluding tert-OH is 4. The van der Waals surface area contributed by atoms with Gasteiger partial charge in [0.05, 0.1) is 12.7 Å². The van der Waals surface area contributed by atoms with Gasteiger partial charge in [0.2, 0.25) is 0 Å². The Kier molecular flexibility index (Phi) is 23.1. The van der Waals surface area contributed by atoms with Crippen LogP contribution in [-0.4, -0.2) is 63.8 Å². The Morgan fingerprint density at radius 2 is 1.16 bits per heavy atom. The summed E-state index contributed by atoms with van der Waals surface area (Å²) in [4.78, 5) is 12.5. The van der Waals surface area contributed by atoms with E-state index in [4.69, 9.17) is 13.8 Å². The minimum absolute atomic E-state index is 0. The molecule has 0 radical (unpaired) electrons. The van der Waals surface area contributed by atoms with Crippen molar-refractivity contribution in [1.29, 1.82) is 0 Å². The number of ether oxygens (including phenoxy) is 1. The molecule has 9 nitrogen and oxygen atoms in total. The summed E-state index contributed by atoms with van der Waals surface area (Å²) in [7, 11) is -4.71. The maximum absolute atomic E-state index is 12.5. The average Bonchev–Trinajstić information content (AvgIpc) is 2.84. The number of rotatable bonds is 22. The number of aliphatic hydroxyl groups is 4. The first-order valence-corrected chi connectivity index (χ1v) is 15.7. The van der Waals surface area contributed by atoms with Crippen LogP contribution in [0.4, 0.5) is 0 Å². The first-order chi connectivity index (χ1) is 17.2. The van der Waals surface area contributed by atoms with Gasteiger partial charge in [-0.25, -0.2) is 0 Å². The number of hydrogen-bond donors (Lipinski definition) is 4. The van der Waals surface area contributed by atoms with Crippen molar-refractivity contribution in [2.24, 2.45) is 0 Å². The van der Waals surface area contributed by atoms with Gasteiger partial charge in [0.1, 0.15) is 24.4 Å². The van der Waals surface area contributed by atoms with Crippen molar-refractivity contribution in [3.05, 3.63) is 0 Å². The molecule has 1 aliphatic heterocycles. The van der Waals surface area contributed by atoms with Gasteiger partial charge in [-0.1, -0.05) is 110 Å². The zero-order valence-corrected chi connectivity index (χ0v) is 26.4. The zero-order valence-electron chi connectivity index (χ0n) is 23.5. The topological polar surface area (TPSA) is 149 Å². The summed E-state index contributed by atoms with van der Waals surface area (Å²) in [6, 6.07) is 0. The fraction of sp³-hybridized carbons (Fsp3) is 1.00. The predicted octanol–water partition coefficient (Wildman–Crippen LogP) is 1.33. The van der Waals surface area contributed by atoms with Gasteiger partial charge in [-0.15, -0.1) is 0 Å². The Balaban J connectivity index is 0.0000130. The summed E-state index contributed by atoms with van der Waals surface area (Å²) in [5.41, 5.74) is 0. The molecule has 4 N–H and O–H groups in total. The van der Waals surface area contributed by atoms with Crippen molar-refractivity contribution in [2.45, 2.75) is 160 Å². The van der Waals surface area contributed by atoms with Gasteiger partial charge in [0, 0.05) is 0 Å². The Labute approximate surface area is 246 Å². The second kappa shape index (κ2) is 22.6. The number of phosphoric acid groups is 1. The average molecular weight is 563 g/mol. The fourth-order valence-electron chi connectivity index (χ4n) is 4.53. The molecule has 1 fully saturated rings. The van der Waals surface area contributed by atoms with E-state index in [9.17, 15) is 29.9 Å². The van der Waals surface area contributed by atoms with E-state index in [-0.39, 0.29) is 29.6 Å². The molecule has 0 bridgehead atoms. The van der Waals surface area contributed by atoms with Gasteiger partial charge in [0.15, 0.2) is 6.29 Å². The maximum atomic E-state index is 12.5. The largest absolute Gasteiger partial charge is 1.00 e. The van der Waals surface area contributed by atoms with Crippen LogP contribution in [0.1, 0.15) is 123 Å². The van der Waals surface area contributed by atoms with Crippen molar-refractivity contribution in [2.75, 3.05) is 6.61 Å². The Bertz CT molecular complexity index is 586. The second-order valence-electron chi connectivity index (χ2n) is 10.2. The van der Waals surface area contributed by atoms with E-state index in [1.165, 1.54) is 57.8 Å². The molecule has 0 aliphatic carbocycles. The van der Waals surface area contributed by atoms with Gasteiger partial charge in [0.25, 0.3) is 7.82 Å². The van der Waals surface area contributed by atoms with Crippen LogP contribution in [0.15, 0.2) is 0 Å². The molecule has 1 aliphatic rings. The van der Waals surface area contributed by atoms with Crippen molar-refractivity contribution >= 4 is 7.82 Å². The molecule has 0 aromatic carbocycles. The minimum Gasteiger partial charge on any atom is -0.756 e. The van der Waals surface area contributed by atoms with Crippen LogP contribution in [-0.2, 0) is 18.3 Å². The molecular formula is C26H52NaO9P. The Morgan fingerprint density at radius 3 is 1.62 bits per heavy atom. The molecule has 1 heterocycles. The van der Waals surface area contributed by atoms with E-state index in [0.29, 0.717) is 12.8 Å². The summed E-state index contributed by atoms with van der Waals surface area (Å²) in [6.45, 7) is 3.75. The standard InChI is InChI=1S/C26H53O9P.Na/c1-3-5-7-9-11-13-15-17-19-21(18-16-14-12-10-8-6-4-2)35-36(31,32)33-20-22-23(27)24(28)25(29)26(30)34-22;/h21-30H,3-20H2,1-2H3,(H,31,32);/q;+1/p-1/t21?,22-,23-,24+,25+,26-;/m1./s1. The van der Waals surface area contributed by atoms with Crippen LogP contribution < -0.4 is 34.5 Å². The molecule has 0 aromatic rings. The molecular weight excluding hydrogens is 510 g/mol. The third-order valence-electron chi connectivity index (χ3n) is 6.87. The van der Waals surface area contributed by atoms with Gasteiger partial charge >= 0.3 is 29.6 Å². The third-order valence-corrected chi connectivity index (χ3v) is 7.89. The molecule has 1 saturated heterocycles. The molecule has 0 saturated carbocycles. The number of unbranched alkanes of at least 4 members (excludes halogenated alkanes) is 13. The third kappa shape index (κ3) is 17.4. The maximum Gasteiger partial charge on any atom is 1.00 e. The predicted molar refractivity (Wildman–Crippen MR) is 137 cm³/mol. The van der Waals surface area contributed by atoms with Crippen LogP contribution in [0.25, 0.3) is 0 Å². The first-order valence-electron chi connectivity index (χ1n) is 14.2. The molecule has 37 heavy (non-hydrogen) atoms. The SMILES string of the molecule is CCCCCCCCCCC(CCCCCCCCC)OP(=O)([O-])OC[C@H]1O[C@@H](O)[C@@H](O)[C@@H](O)[C@@H]1O.[Na+]. The molecule has 0 aromatic heterocycles. The van der Waals surface area contributed by atoms with Crippen LogP contribution in [0.3, 0.4) is 0 Å². The molecule has 0 amide bonds. The summed E-state index contributed by atoms with van der Waals surface area (Å²) >= 11 is 0. The summed E-state index contributed by atoms with van der Waals surface area (Å²) in [5, 5.41) is 39.0. The van der Waals surface area contributed by atoms with E-state index in [0.717, 1.165) is 38.5 Å². The first kappa shape index (κ1) is 37.9. The number of hydrogen-bond acceptors (Lipinski definition) is 9. The van der Waals surface area contributed by atoms with E-state index in [2.05, 4.69) is 13.8 Å². The molecule has 11 heteroatoms. The van der Waals surface area contributed by atoms with Crippen molar-refractivity contribution < 1.29 is 73.2 Å². The Hall–Kier alpha value is 0.910. The molecule has 0 spiro atoms. The second-order valence-corrected chi connectivity index (χ2v) is 11.5. The van der Waals surface area contributed by atoms with Crippen molar-refractivity contribution in [1.82, 2.24) is 0 Å². The number of phosphoric ester groups is 1. The minimum atomic E-state index is -4.71. The van der Waals surface area contributed by atoms with Gasteiger partial charge in [-0.05, 0) is 12.8 Å². The van der Waals surface area contributed by atoms with Crippen LogP contribution in [0.2, 0.25) is 0 Å². The van der Waals surface area contributed by atoms with Crippen molar-refractivity contribution in [3.8, 4) is 0 Å². The van der Waals surface area contributed by atoms with Crippen LogP contribution in [0.5, 0.6) is 0 Å². The Morgan fingerprint density at radius 1 is 0.730 bits per heavy atom. The zero-order chi connectivity index (χ0) is 26.8. The summed E-state index contributed by atoms with van der Waals surface area (Å²) in [5.74, 6) is 0. The van der Waals surface area contributed by atoms with E-state index >= 15 is 0 Å². The molecule has 7 atom stereocenters. The van der Waals surface area contributed by atoms with E-state index < -0.39 is 51.2 Å². The molecule has 2 unspecified atom stereocenters. The normalized spacial score (nSPS) is 26.4. The molecule has 1 rings (SSSR count). The summed E-state index contributed by atoms with van der Waals surface area (Å²) < 4.78 is 27.9. The van der Waals surface area contributed by atoms with E-state index in [1.54, 1.807) is 0 Å². The molecule has 216 valence electrons. The summed E-state index contributed by atoms with van der Waals surface area (Å²) in [6.07, 6.45) is 9.91. The van der Waals surface area contributed by atoms with Gasteiger partial charge in [-0.2, -0.15) is 0 Å². The van der Waals surface area contributed by atoms with Crippen LogP contribution in [0, 0.1) is 0 Å². The van der Waals surface area contributed by atoms with Gasteiger partial charge < -0.3 is 39.1 Å². The fourth-order valence-corrected chi connectivity index (χ4v) is 5.50.